The van der Waals surface area contributed by atoms with Crippen LogP contribution in [0.4, 0.5) is 4.79 Å². The van der Waals surface area contributed by atoms with E-state index >= 15 is 0 Å². The second-order valence-corrected chi connectivity index (χ2v) is 11.3. The summed E-state index contributed by atoms with van der Waals surface area (Å²) in [7, 11) is 0. The van der Waals surface area contributed by atoms with Gasteiger partial charge in [-0.15, -0.1) is 0 Å². The van der Waals surface area contributed by atoms with Gasteiger partial charge in [0.25, 0.3) is 0 Å². The van der Waals surface area contributed by atoms with Gasteiger partial charge in [-0.3, -0.25) is 0 Å². The number of hydrogen-bond acceptors (Lipinski definition) is 5. The van der Waals surface area contributed by atoms with Crippen LogP contribution in [0.25, 0.3) is 0 Å². The molecule has 4 fully saturated rings. The molecular formula is C24H35NO6. The number of aliphatic hydroxyl groups excluding tert-OH is 1. The molecule has 0 radical (unpaired) electrons. The summed E-state index contributed by atoms with van der Waals surface area (Å²) in [6, 6.07) is -0.00306. The SMILES string of the molecule is C[C@]12CC[C@H](NC(=O)O)C[C@H]1CCC1[C@@H]2C[C@@H](O)[C@]2(C)[C@@H](C3=CC(=O)OC3)CC[C@]12O. The Balaban J connectivity index is 1.44. The van der Waals surface area contributed by atoms with E-state index < -0.39 is 23.2 Å². The highest BCUT2D eigenvalue weighted by Gasteiger charge is 2.70. The van der Waals surface area contributed by atoms with Crippen molar-refractivity contribution in [3.63, 3.8) is 0 Å². The number of hydrogen-bond donors (Lipinski definition) is 4. The molecule has 1 heterocycles. The Kier molecular flexibility index (Phi) is 4.76. The van der Waals surface area contributed by atoms with Crippen LogP contribution in [-0.4, -0.2) is 51.7 Å². The first-order chi connectivity index (χ1) is 14.6. The van der Waals surface area contributed by atoms with E-state index in [1.54, 1.807) is 6.08 Å². The summed E-state index contributed by atoms with van der Waals surface area (Å²) in [6.07, 6.45) is 6.48. The molecule has 1 aliphatic heterocycles. The number of carboxylic acid groups (broad SMARTS) is 1. The van der Waals surface area contributed by atoms with Crippen LogP contribution in [0.1, 0.15) is 65.2 Å². The van der Waals surface area contributed by atoms with Crippen molar-refractivity contribution in [3.8, 4) is 0 Å². The topological polar surface area (TPSA) is 116 Å². The lowest BCUT2D eigenvalue weighted by Crippen LogP contribution is -2.67. The van der Waals surface area contributed by atoms with E-state index in [1.807, 2.05) is 6.92 Å². The van der Waals surface area contributed by atoms with Crippen LogP contribution >= 0.6 is 0 Å². The molecule has 0 aromatic heterocycles. The van der Waals surface area contributed by atoms with Crippen molar-refractivity contribution in [1.29, 1.82) is 0 Å². The number of carbonyl (C=O) groups excluding carboxylic acids is 1. The first kappa shape index (κ1) is 21.3. The molecule has 7 heteroatoms. The minimum atomic E-state index is -0.962. The smallest absolute Gasteiger partial charge is 0.404 e. The maximum absolute atomic E-state index is 12.2. The Hall–Kier alpha value is -1.60. The molecule has 5 rings (SSSR count). The molecule has 4 saturated carbocycles. The third-order valence-corrected chi connectivity index (χ3v) is 10.4. The van der Waals surface area contributed by atoms with Gasteiger partial charge >= 0.3 is 12.1 Å². The van der Waals surface area contributed by atoms with Crippen molar-refractivity contribution in [2.24, 2.45) is 34.5 Å². The second kappa shape index (κ2) is 6.95. The van der Waals surface area contributed by atoms with Gasteiger partial charge in [0.05, 0.1) is 11.7 Å². The maximum Gasteiger partial charge on any atom is 0.404 e. The fourth-order valence-electron chi connectivity index (χ4n) is 8.70. The standard InChI is InChI=1S/C24H35NO6/c1-22-7-5-15(25-21(28)29)10-14(22)3-4-17-18(22)11-19(26)23(2)16(6-8-24(17,23)30)13-9-20(27)31-12-13/h9,14-19,25-26,30H,3-8,10-12H2,1-2H3,(H,28,29)/t14-,15+,16-,17?,18+,19-,22+,23+,24+/m1/s1. The number of carbonyl (C=O) groups is 2. The van der Waals surface area contributed by atoms with Gasteiger partial charge in [-0.1, -0.05) is 13.8 Å². The monoisotopic (exact) mass is 433 g/mol. The fourth-order valence-corrected chi connectivity index (χ4v) is 8.70. The Morgan fingerprint density at radius 2 is 1.90 bits per heavy atom. The summed E-state index contributed by atoms with van der Waals surface area (Å²) in [6.45, 7) is 4.60. The fraction of sp³-hybridized carbons (Fsp3) is 0.833. The average molecular weight is 434 g/mol. The second-order valence-electron chi connectivity index (χ2n) is 11.3. The van der Waals surface area contributed by atoms with Crippen LogP contribution < -0.4 is 5.32 Å². The minimum absolute atomic E-state index is 0.00142. The zero-order chi connectivity index (χ0) is 22.2. The van der Waals surface area contributed by atoms with E-state index in [0.29, 0.717) is 18.8 Å². The van der Waals surface area contributed by atoms with Crippen LogP contribution in [0.2, 0.25) is 0 Å². The third kappa shape index (κ3) is 2.85. The van der Waals surface area contributed by atoms with Gasteiger partial charge in [-0.25, -0.2) is 9.59 Å². The Morgan fingerprint density at radius 3 is 2.58 bits per heavy atom. The number of aliphatic hydroxyl groups is 2. The van der Waals surface area contributed by atoms with Crippen LogP contribution in [0.3, 0.4) is 0 Å². The van der Waals surface area contributed by atoms with E-state index in [2.05, 4.69) is 12.2 Å². The zero-order valence-corrected chi connectivity index (χ0v) is 18.5. The number of fused-ring (bicyclic) bond motifs is 5. The summed E-state index contributed by atoms with van der Waals surface area (Å²) < 4.78 is 5.16. The first-order valence-corrected chi connectivity index (χ1v) is 11.9. The van der Waals surface area contributed by atoms with Crippen molar-refractivity contribution in [1.82, 2.24) is 5.32 Å². The molecule has 5 aliphatic rings. The van der Waals surface area contributed by atoms with Gasteiger partial charge in [0, 0.05) is 17.5 Å². The molecule has 4 aliphatic carbocycles. The van der Waals surface area contributed by atoms with Crippen LogP contribution in [0.15, 0.2) is 11.6 Å². The molecule has 172 valence electrons. The molecule has 4 N–H and O–H groups in total. The summed E-state index contributed by atoms with van der Waals surface area (Å²) in [5, 5.41) is 35.5. The first-order valence-electron chi connectivity index (χ1n) is 11.9. The molecule has 31 heavy (non-hydrogen) atoms. The number of ether oxygens (including phenoxy) is 1. The molecule has 0 bridgehead atoms. The summed E-state index contributed by atoms with van der Waals surface area (Å²) >= 11 is 0. The molecule has 7 nitrogen and oxygen atoms in total. The van der Waals surface area contributed by atoms with E-state index in [0.717, 1.165) is 44.1 Å². The van der Waals surface area contributed by atoms with Gasteiger partial charge in [-0.05, 0) is 86.0 Å². The minimum Gasteiger partial charge on any atom is -0.465 e. The van der Waals surface area contributed by atoms with Crippen molar-refractivity contribution < 1.29 is 29.6 Å². The van der Waals surface area contributed by atoms with Gasteiger partial charge in [-0.2, -0.15) is 0 Å². The predicted molar refractivity (Wildman–Crippen MR) is 112 cm³/mol. The Bertz CT molecular complexity index is 827. The summed E-state index contributed by atoms with van der Waals surface area (Å²) in [5.74, 6) is 0.382. The molecule has 0 aromatic rings. The van der Waals surface area contributed by atoms with Gasteiger partial charge in [0.1, 0.15) is 6.61 Å². The zero-order valence-electron chi connectivity index (χ0n) is 18.5. The molecule has 0 saturated heterocycles. The van der Waals surface area contributed by atoms with E-state index in [1.165, 1.54) is 0 Å². The summed E-state index contributed by atoms with van der Waals surface area (Å²) in [5.41, 5.74) is -0.724. The average Bonchev–Trinajstić information content (AvgIpc) is 3.24. The van der Waals surface area contributed by atoms with Gasteiger partial charge < -0.3 is 25.4 Å². The quantitative estimate of drug-likeness (QED) is 0.498. The van der Waals surface area contributed by atoms with Crippen molar-refractivity contribution in [3.05, 3.63) is 11.6 Å². The molecular weight excluding hydrogens is 398 g/mol. The Morgan fingerprint density at radius 1 is 1.13 bits per heavy atom. The lowest BCUT2D eigenvalue weighted by atomic mass is 9.42. The number of rotatable bonds is 2. The highest BCUT2D eigenvalue weighted by atomic mass is 16.5. The van der Waals surface area contributed by atoms with Crippen molar-refractivity contribution in [2.45, 2.75) is 83.0 Å². The molecule has 9 atom stereocenters. The Labute approximate surface area is 183 Å². The number of nitrogens with one attached hydrogen (secondary N) is 1. The number of amides is 1. The maximum atomic E-state index is 12.2. The lowest BCUT2D eigenvalue weighted by molar-refractivity contribution is -0.242. The highest BCUT2D eigenvalue weighted by Crippen LogP contribution is 2.69. The van der Waals surface area contributed by atoms with Gasteiger partial charge in [0.2, 0.25) is 0 Å². The van der Waals surface area contributed by atoms with Crippen molar-refractivity contribution in [2.75, 3.05) is 6.61 Å². The van der Waals surface area contributed by atoms with Crippen molar-refractivity contribution >= 4 is 12.1 Å². The van der Waals surface area contributed by atoms with Crippen LogP contribution in [0.5, 0.6) is 0 Å². The van der Waals surface area contributed by atoms with E-state index in [4.69, 9.17) is 9.84 Å². The van der Waals surface area contributed by atoms with E-state index in [-0.39, 0.29) is 41.8 Å². The van der Waals surface area contributed by atoms with Crippen LogP contribution in [-0.2, 0) is 9.53 Å². The van der Waals surface area contributed by atoms with Crippen LogP contribution in [0, 0.1) is 34.5 Å². The normalized spacial score (nSPS) is 51.2. The molecule has 0 aromatic carbocycles. The number of esters is 1. The highest BCUT2D eigenvalue weighted by molar-refractivity contribution is 5.85. The third-order valence-electron chi connectivity index (χ3n) is 10.4. The van der Waals surface area contributed by atoms with Gasteiger partial charge in [0.15, 0.2) is 0 Å². The summed E-state index contributed by atoms with van der Waals surface area (Å²) in [4.78, 5) is 22.8. The lowest BCUT2D eigenvalue weighted by Gasteiger charge is -2.65. The molecule has 1 unspecified atom stereocenters. The molecule has 1 amide bonds. The number of cyclic esters (lactones) is 1. The largest absolute Gasteiger partial charge is 0.465 e. The predicted octanol–water partition coefficient (Wildman–Crippen LogP) is 2.85. The molecule has 0 spiro atoms. The van der Waals surface area contributed by atoms with E-state index in [9.17, 15) is 19.8 Å².